The molecular formula is C19H16N2O5. The topological polar surface area (TPSA) is 94.6 Å². The van der Waals surface area contributed by atoms with Crippen molar-refractivity contribution in [3.05, 3.63) is 82.1 Å². The highest BCUT2D eigenvalue weighted by Gasteiger charge is 2.17. The molecule has 0 saturated heterocycles. The third-order valence-corrected chi connectivity index (χ3v) is 3.86. The van der Waals surface area contributed by atoms with E-state index in [0.29, 0.717) is 12.2 Å². The number of non-ortho nitro benzene ring substituents is 1. The van der Waals surface area contributed by atoms with Gasteiger partial charge in [0.1, 0.15) is 5.76 Å². The fourth-order valence-corrected chi connectivity index (χ4v) is 2.51. The van der Waals surface area contributed by atoms with E-state index in [9.17, 15) is 14.9 Å². The van der Waals surface area contributed by atoms with Crippen LogP contribution in [0.15, 0.2) is 65.3 Å². The lowest BCUT2D eigenvalue weighted by molar-refractivity contribution is -0.384. The fraction of sp³-hybridized carbons (Fsp3) is 0.105. The average Bonchev–Trinajstić information content (AvgIpc) is 3.20. The molecule has 0 amide bonds. The predicted octanol–water partition coefficient (Wildman–Crippen LogP) is 4.25. The van der Waals surface area contributed by atoms with Crippen molar-refractivity contribution in [3.8, 4) is 11.3 Å². The number of anilines is 1. The Morgan fingerprint density at radius 1 is 1.19 bits per heavy atom. The van der Waals surface area contributed by atoms with Crippen molar-refractivity contribution in [2.45, 2.75) is 6.54 Å². The number of carbonyl (C=O) groups is 1. The molecule has 0 aliphatic rings. The van der Waals surface area contributed by atoms with Crippen molar-refractivity contribution in [1.82, 2.24) is 0 Å². The summed E-state index contributed by atoms with van der Waals surface area (Å²) in [5.41, 5.74) is 2.36. The van der Waals surface area contributed by atoms with Crippen LogP contribution in [0.5, 0.6) is 0 Å². The van der Waals surface area contributed by atoms with Gasteiger partial charge in [-0.15, -0.1) is 0 Å². The second kappa shape index (κ2) is 7.52. The van der Waals surface area contributed by atoms with Crippen LogP contribution in [0, 0.1) is 10.1 Å². The standard InChI is InChI=1S/C19H16N2O5/c1-25-19(22)16-11-15(21(23)24)8-9-17(16)20-12-13-4-6-14(7-5-13)18-3-2-10-26-18/h2-11,20H,12H2,1H3. The molecule has 1 N–H and O–H groups in total. The van der Waals surface area contributed by atoms with Gasteiger partial charge in [-0.3, -0.25) is 10.1 Å². The van der Waals surface area contributed by atoms with E-state index in [1.54, 1.807) is 6.26 Å². The second-order valence-electron chi connectivity index (χ2n) is 5.51. The molecule has 7 heteroatoms. The molecule has 0 unspecified atom stereocenters. The number of furan rings is 1. The number of rotatable bonds is 6. The first-order valence-corrected chi connectivity index (χ1v) is 7.82. The summed E-state index contributed by atoms with van der Waals surface area (Å²) in [6.45, 7) is 0.445. The maximum atomic E-state index is 11.9. The number of nitrogens with one attached hydrogen (secondary N) is 1. The van der Waals surface area contributed by atoms with Gasteiger partial charge in [0, 0.05) is 29.9 Å². The largest absolute Gasteiger partial charge is 0.465 e. The molecule has 3 rings (SSSR count). The molecule has 0 fully saturated rings. The van der Waals surface area contributed by atoms with E-state index in [1.165, 1.54) is 25.3 Å². The minimum atomic E-state index is -0.635. The first kappa shape index (κ1) is 17.2. The van der Waals surface area contributed by atoms with Gasteiger partial charge in [-0.1, -0.05) is 24.3 Å². The van der Waals surface area contributed by atoms with Crippen LogP contribution in [0.3, 0.4) is 0 Å². The molecule has 0 atom stereocenters. The van der Waals surface area contributed by atoms with Crippen LogP contribution >= 0.6 is 0 Å². The number of hydrogen-bond acceptors (Lipinski definition) is 6. The molecule has 1 heterocycles. The van der Waals surface area contributed by atoms with Crippen molar-refractivity contribution in [1.29, 1.82) is 0 Å². The molecule has 2 aromatic carbocycles. The van der Waals surface area contributed by atoms with E-state index in [4.69, 9.17) is 9.15 Å². The maximum absolute atomic E-state index is 11.9. The average molecular weight is 352 g/mol. The molecule has 0 radical (unpaired) electrons. The normalized spacial score (nSPS) is 10.3. The van der Waals surface area contributed by atoms with Gasteiger partial charge < -0.3 is 14.5 Å². The molecule has 1 aromatic heterocycles. The Morgan fingerprint density at radius 2 is 1.96 bits per heavy atom. The monoisotopic (exact) mass is 352 g/mol. The number of methoxy groups -OCH3 is 1. The summed E-state index contributed by atoms with van der Waals surface area (Å²) in [7, 11) is 1.23. The summed E-state index contributed by atoms with van der Waals surface area (Å²) >= 11 is 0. The number of esters is 1. The lowest BCUT2D eigenvalue weighted by Gasteiger charge is -2.11. The highest BCUT2D eigenvalue weighted by Crippen LogP contribution is 2.24. The van der Waals surface area contributed by atoms with Crippen LogP contribution in [0.1, 0.15) is 15.9 Å². The Hall–Kier alpha value is -3.61. The number of nitro benzene ring substituents is 1. The maximum Gasteiger partial charge on any atom is 0.340 e. The summed E-state index contributed by atoms with van der Waals surface area (Å²) in [6, 6.07) is 15.5. The van der Waals surface area contributed by atoms with E-state index in [1.807, 2.05) is 36.4 Å². The van der Waals surface area contributed by atoms with Gasteiger partial charge in [-0.2, -0.15) is 0 Å². The first-order valence-electron chi connectivity index (χ1n) is 7.82. The van der Waals surface area contributed by atoms with Crippen molar-refractivity contribution in [3.63, 3.8) is 0 Å². The number of nitrogens with zero attached hydrogens (tertiary/aromatic N) is 1. The van der Waals surface area contributed by atoms with Crippen LogP contribution < -0.4 is 5.32 Å². The number of benzene rings is 2. The van der Waals surface area contributed by atoms with E-state index < -0.39 is 10.9 Å². The van der Waals surface area contributed by atoms with Crippen molar-refractivity contribution in [2.24, 2.45) is 0 Å². The van der Waals surface area contributed by atoms with Crippen LogP contribution in [-0.4, -0.2) is 18.0 Å². The minimum Gasteiger partial charge on any atom is -0.465 e. The molecule has 132 valence electrons. The highest BCUT2D eigenvalue weighted by molar-refractivity contribution is 5.96. The highest BCUT2D eigenvalue weighted by atomic mass is 16.6. The van der Waals surface area contributed by atoms with Crippen LogP contribution in [0.2, 0.25) is 0 Å². The smallest absolute Gasteiger partial charge is 0.340 e. The summed E-state index contributed by atoms with van der Waals surface area (Å²) in [5, 5.41) is 14.0. The third kappa shape index (κ3) is 3.72. The summed E-state index contributed by atoms with van der Waals surface area (Å²) in [5.74, 6) is 0.150. The summed E-state index contributed by atoms with van der Waals surface area (Å²) in [4.78, 5) is 22.3. The van der Waals surface area contributed by atoms with Gasteiger partial charge in [-0.25, -0.2) is 4.79 Å². The number of hydrogen-bond donors (Lipinski definition) is 1. The molecule has 0 aliphatic carbocycles. The van der Waals surface area contributed by atoms with E-state index in [2.05, 4.69) is 5.32 Å². The van der Waals surface area contributed by atoms with E-state index in [-0.39, 0.29) is 11.3 Å². The van der Waals surface area contributed by atoms with Gasteiger partial charge in [0.15, 0.2) is 0 Å². The van der Waals surface area contributed by atoms with Crippen LogP contribution in [0.4, 0.5) is 11.4 Å². The Kier molecular flexibility index (Phi) is 4.98. The van der Waals surface area contributed by atoms with Crippen molar-refractivity contribution in [2.75, 3.05) is 12.4 Å². The van der Waals surface area contributed by atoms with E-state index in [0.717, 1.165) is 16.9 Å². The SMILES string of the molecule is COC(=O)c1cc([N+](=O)[O-])ccc1NCc1ccc(-c2ccco2)cc1. The molecule has 0 saturated carbocycles. The minimum absolute atomic E-state index is 0.119. The first-order chi connectivity index (χ1) is 12.6. The van der Waals surface area contributed by atoms with Gasteiger partial charge in [-0.05, 0) is 23.8 Å². The zero-order valence-corrected chi connectivity index (χ0v) is 14.0. The van der Waals surface area contributed by atoms with Crippen molar-refractivity contribution >= 4 is 17.3 Å². The lowest BCUT2D eigenvalue weighted by Crippen LogP contribution is -2.09. The Labute approximate surface area is 149 Å². The molecule has 0 aliphatic heterocycles. The Bertz CT molecular complexity index is 918. The molecule has 7 nitrogen and oxygen atoms in total. The van der Waals surface area contributed by atoms with Gasteiger partial charge in [0.25, 0.3) is 5.69 Å². The Morgan fingerprint density at radius 3 is 2.58 bits per heavy atom. The molecule has 0 spiro atoms. The van der Waals surface area contributed by atoms with Crippen LogP contribution in [0.25, 0.3) is 11.3 Å². The Balaban J connectivity index is 1.76. The fourth-order valence-electron chi connectivity index (χ4n) is 2.51. The molecule has 0 bridgehead atoms. The zero-order chi connectivity index (χ0) is 18.5. The molecular weight excluding hydrogens is 336 g/mol. The lowest BCUT2D eigenvalue weighted by atomic mass is 10.1. The van der Waals surface area contributed by atoms with Crippen LogP contribution in [-0.2, 0) is 11.3 Å². The molecule has 3 aromatic rings. The van der Waals surface area contributed by atoms with Gasteiger partial charge in [0.05, 0.1) is 23.9 Å². The third-order valence-electron chi connectivity index (χ3n) is 3.86. The summed E-state index contributed by atoms with van der Waals surface area (Å²) < 4.78 is 10.1. The summed E-state index contributed by atoms with van der Waals surface area (Å²) in [6.07, 6.45) is 1.62. The number of nitro groups is 1. The van der Waals surface area contributed by atoms with Gasteiger partial charge >= 0.3 is 5.97 Å². The van der Waals surface area contributed by atoms with Gasteiger partial charge in [0.2, 0.25) is 0 Å². The predicted molar refractivity (Wildman–Crippen MR) is 95.9 cm³/mol. The number of ether oxygens (including phenoxy) is 1. The zero-order valence-electron chi connectivity index (χ0n) is 14.0. The van der Waals surface area contributed by atoms with Crippen molar-refractivity contribution < 1.29 is 18.9 Å². The van der Waals surface area contributed by atoms with E-state index >= 15 is 0 Å². The second-order valence-corrected chi connectivity index (χ2v) is 5.51. The molecule has 26 heavy (non-hydrogen) atoms. The number of carbonyl (C=O) groups excluding carboxylic acids is 1. The quantitative estimate of drug-likeness (QED) is 0.405.